The summed E-state index contributed by atoms with van der Waals surface area (Å²) in [6, 6.07) is 11.8. The minimum atomic E-state index is 0.691. The minimum absolute atomic E-state index is 0.691. The van der Waals surface area contributed by atoms with Gasteiger partial charge in [0.25, 0.3) is 0 Å². The van der Waals surface area contributed by atoms with Crippen LogP contribution >= 0.6 is 0 Å². The molecule has 1 aromatic carbocycles. The molecule has 2 rings (SSSR count). The van der Waals surface area contributed by atoms with Gasteiger partial charge in [0.05, 0.1) is 12.8 Å². The molecule has 0 aliphatic heterocycles. The van der Waals surface area contributed by atoms with Crippen molar-refractivity contribution in [3.8, 4) is 5.75 Å². The monoisotopic (exact) mass is 257 g/mol. The first-order valence-electron chi connectivity index (χ1n) is 6.17. The summed E-state index contributed by atoms with van der Waals surface area (Å²) in [5.41, 5.74) is 8.78. The van der Waals surface area contributed by atoms with Crippen molar-refractivity contribution in [1.29, 1.82) is 0 Å². The predicted molar refractivity (Wildman–Crippen MR) is 78.5 cm³/mol. The van der Waals surface area contributed by atoms with Crippen LogP contribution < -0.4 is 15.4 Å². The number of hydrogen-bond acceptors (Lipinski definition) is 4. The molecule has 0 aliphatic rings. The number of pyridine rings is 1. The smallest absolute Gasteiger partial charge is 0.152 e. The van der Waals surface area contributed by atoms with Crippen molar-refractivity contribution in [2.45, 2.75) is 13.5 Å². The molecule has 0 saturated carbocycles. The summed E-state index contributed by atoms with van der Waals surface area (Å²) in [5.74, 6) is 1.67. The predicted octanol–water partition coefficient (Wildman–Crippen LogP) is 2.62. The highest BCUT2D eigenvalue weighted by Gasteiger charge is 2.08. The van der Waals surface area contributed by atoms with E-state index in [1.165, 1.54) is 0 Å². The Morgan fingerprint density at radius 2 is 2.05 bits per heavy atom. The normalized spacial score (nSPS) is 10.3. The Labute approximate surface area is 113 Å². The van der Waals surface area contributed by atoms with Crippen molar-refractivity contribution in [2.24, 2.45) is 0 Å². The highest BCUT2D eigenvalue weighted by atomic mass is 16.5. The number of nitrogens with zero attached hydrogens (tertiary/aromatic N) is 2. The van der Waals surface area contributed by atoms with Crippen LogP contribution in [-0.4, -0.2) is 19.1 Å². The Bertz CT molecular complexity index is 569. The van der Waals surface area contributed by atoms with Crippen molar-refractivity contribution in [1.82, 2.24) is 4.98 Å². The zero-order chi connectivity index (χ0) is 13.8. The fourth-order valence-electron chi connectivity index (χ4n) is 1.98. The lowest BCUT2D eigenvalue weighted by Crippen LogP contribution is -2.19. The van der Waals surface area contributed by atoms with Gasteiger partial charge in [0.1, 0.15) is 5.75 Å². The maximum atomic E-state index is 5.97. The van der Waals surface area contributed by atoms with Crippen LogP contribution in [-0.2, 0) is 6.54 Å². The van der Waals surface area contributed by atoms with Gasteiger partial charge < -0.3 is 15.4 Å². The van der Waals surface area contributed by atoms with E-state index in [1.54, 1.807) is 7.11 Å². The standard InChI is InChI=1S/C15H19N3O/c1-11-7-8-14(16)15(17-11)18(2)10-12-5-4-6-13(9-12)19-3/h4-9H,10,16H2,1-3H3. The number of ether oxygens (including phenoxy) is 1. The van der Waals surface area contributed by atoms with Crippen LogP contribution in [0, 0.1) is 6.92 Å². The highest BCUT2D eigenvalue weighted by Crippen LogP contribution is 2.22. The number of methoxy groups -OCH3 is 1. The number of aryl methyl sites for hydroxylation is 1. The van der Waals surface area contributed by atoms with Crippen LogP contribution in [0.25, 0.3) is 0 Å². The SMILES string of the molecule is COc1cccc(CN(C)c2nc(C)ccc2N)c1. The van der Waals surface area contributed by atoms with Crippen LogP contribution in [0.2, 0.25) is 0 Å². The lowest BCUT2D eigenvalue weighted by Gasteiger charge is -2.20. The van der Waals surface area contributed by atoms with Crippen molar-refractivity contribution in [2.75, 3.05) is 24.8 Å². The lowest BCUT2D eigenvalue weighted by molar-refractivity contribution is 0.414. The van der Waals surface area contributed by atoms with E-state index in [-0.39, 0.29) is 0 Å². The Balaban J connectivity index is 2.20. The van der Waals surface area contributed by atoms with E-state index >= 15 is 0 Å². The van der Waals surface area contributed by atoms with Gasteiger partial charge in [-0.05, 0) is 36.8 Å². The van der Waals surface area contributed by atoms with Crippen molar-refractivity contribution < 1.29 is 4.74 Å². The Morgan fingerprint density at radius 1 is 1.26 bits per heavy atom. The van der Waals surface area contributed by atoms with E-state index in [1.807, 2.05) is 49.2 Å². The molecule has 1 aromatic heterocycles. The molecule has 0 bridgehead atoms. The van der Waals surface area contributed by atoms with Gasteiger partial charge in [0.2, 0.25) is 0 Å². The van der Waals surface area contributed by atoms with Crippen molar-refractivity contribution in [3.63, 3.8) is 0 Å². The van der Waals surface area contributed by atoms with Gasteiger partial charge in [-0.3, -0.25) is 0 Å². The number of anilines is 2. The summed E-state index contributed by atoms with van der Waals surface area (Å²) in [7, 11) is 3.65. The highest BCUT2D eigenvalue weighted by molar-refractivity contribution is 5.62. The van der Waals surface area contributed by atoms with E-state index in [9.17, 15) is 0 Å². The fourth-order valence-corrected chi connectivity index (χ4v) is 1.98. The number of nitrogen functional groups attached to an aromatic ring is 1. The minimum Gasteiger partial charge on any atom is -0.497 e. The van der Waals surface area contributed by atoms with Crippen LogP contribution in [0.3, 0.4) is 0 Å². The molecule has 0 saturated heterocycles. The maximum absolute atomic E-state index is 5.97. The molecule has 2 N–H and O–H groups in total. The first-order valence-corrected chi connectivity index (χ1v) is 6.17. The van der Waals surface area contributed by atoms with Gasteiger partial charge >= 0.3 is 0 Å². The van der Waals surface area contributed by atoms with Gasteiger partial charge in [-0.2, -0.15) is 0 Å². The molecule has 0 radical (unpaired) electrons. The summed E-state index contributed by atoms with van der Waals surface area (Å²) in [5, 5.41) is 0. The Kier molecular flexibility index (Phi) is 3.90. The third kappa shape index (κ3) is 3.16. The summed E-state index contributed by atoms with van der Waals surface area (Å²) >= 11 is 0. The van der Waals surface area contributed by atoms with E-state index in [4.69, 9.17) is 10.5 Å². The number of rotatable bonds is 4. The van der Waals surface area contributed by atoms with Crippen LogP contribution in [0.4, 0.5) is 11.5 Å². The molecule has 0 unspecified atom stereocenters. The zero-order valence-corrected chi connectivity index (χ0v) is 11.6. The molecule has 100 valence electrons. The lowest BCUT2D eigenvalue weighted by atomic mass is 10.2. The van der Waals surface area contributed by atoms with Gasteiger partial charge in [0.15, 0.2) is 5.82 Å². The second kappa shape index (κ2) is 5.61. The van der Waals surface area contributed by atoms with E-state index in [2.05, 4.69) is 11.1 Å². The molecule has 0 amide bonds. The fraction of sp³-hybridized carbons (Fsp3) is 0.267. The molecule has 1 heterocycles. The van der Waals surface area contributed by atoms with Crippen LogP contribution in [0.15, 0.2) is 36.4 Å². The molecule has 0 atom stereocenters. The zero-order valence-electron chi connectivity index (χ0n) is 11.6. The average molecular weight is 257 g/mol. The Morgan fingerprint density at radius 3 is 2.79 bits per heavy atom. The topological polar surface area (TPSA) is 51.4 Å². The van der Waals surface area contributed by atoms with Gasteiger partial charge in [-0.1, -0.05) is 12.1 Å². The molecule has 4 nitrogen and oxygen atoms in total. The number of hydrogen-bond donors (Lipinski definition) is 1. The first-order chi connectivity index (χ1) is 9.10. The maximum Gasteiger partial charge on any atom is 0.152 e. The van der Waals surface area contributed by atoms with Crippen LogP contribution in [0.5, 0.6) is 5.75 Å². The summed E-state index contributed by atoms with van der Waals surface area (Å²) < 4.78 is 5.23. The molecule has 0 aliphatic carbocycles. The molecule has 0 fully saturated rings. The van der Waals surface area contributed by atoms with Crippen molar-refractivity contribution in [3.05, 3.63) is 47.7 Å². The number of nitrogens with two attached hydrogens (primary N) is 1. The quantitative estimate of drug-likeness (QED) is 0.914. The molecule has 2 aromatic rings. The number of aromatic nitrogens is 1. The second-order valence-corrected chi connectivity index (χ2v) is 4.57. The van der Waals surface area contributed by atoms with Gasteiger partial charge in [-0.15, -0.1) is 0 Å². The second-order valence-electron chi connectivity index (χ2n) is 4.57. The molecular weight excluding hydrogens is 238 g/mol. The van der Waals surface area contributed by atoms with E-state index in [0.717, 1.165) is 29.4 Å². The first kappa shape index (κ1) is 13.2. The third-order valence-electron chi connectivity index (χ3n) is 2.96. The number of benzene rings is 1. The molecule has 0 spiro atoms. The average Bonchev–Trinajstić information content (AvgIpc) is 2.41. The molecule has 19 heavy (non-hydrogen) atoms. The van der Waals surface area contributed by atoms with Gasteiger partial charge in [-0.25, -0.2) is 4.98 Å². The van der Waals surface area contributed by atoms with Crippen molar-refractivity contribution >= 4 is 11.5 Å². The molecule has 4 heteroatoms. The third-order valence-corrected chi connectivity index (χ3v) is 2.96. The summed E-state index contributed by atoms with van der Waals surface area (Å²) in [6.07, 6.45) is 0. The molecular formula is C15H19N3O. The van der Waals surface area contributed by atoms with E-state index < -0.39 is 0 Å². The largest absolute Gasteiger partial charge is 0.497 e. The summed E-state index contributed by atoms with van der Waals surface area (Å²) in [6.45, 7) is 2.69. The van der Waals surface area contributed by atoms with Gasteiger partial charge in [0, 0.05) is 19.3 Å². The van der Waals surface area contributed by atoms with E-state index in [0.29, 0.717) is 5.69 Å². The van der Waals surface area contributed by atoms with Crippen LogP contribution in [0.1, 0.15) is 11.3 Å². The summed E-state index contributed by atoms with van der Waals surface area (Å²) in [4.78, 5) is 6.52. The Hall–Kier alpha value is -2.23.